The molecule has 44 heavy (non-hydrogen) atoms. The number of Topliss-reactive ketones (excluding diaryl/α,β-unsaturated/α-hetero) is 2. The number of benzene rings is 1. The first kappa shape index (κ1) is 33.0. The summed E-state index contributed by atoms with van der Waals surface area (Å²) in [4.78, 5) is 55.5. The molecule has 0 saturated carbocycles. The van der Waals surface area contributed by atoms with Crippen LogP contribution < -0.4 is 10.6 Å². The van der Waals surface area contributed by atoms with Crippen molar-refractivity contribution in [3.63, 3.8) is 0 Å². The molecule has 0 radical (unpaired) electrons. The zero-order valence-corrected chi connectivity index (χ0v) is 25.5. The molecular weight excluding hydrogens is 566 g/mol. The van der Waals surface area contributed by atoms with Gasteiger partial charge in [0.1, 0.15) is 11.6 Å². The van der Waals surface area contributed by atoms with Gasteiger partial charge in [0.15, 0.2) is 23.0 Å². The Morgan fingerprint density at radius 3 is 2.43 bits per heavy atom. The lowest BCUT2D eigenvalue weighted by molar-refractivity contribution is -0.134. The highest BCUT2D eigenvalue weighted by molar-refractivity contribution is 5.99. The molecule has 12 nitrogen and oxygen atoms in total. The lowest BCUT2D eigenvalue weighted by Crippen LogP contribution is -2.49. The number of rotatable bonds is 16. The van der Waals surface area contributed by atoms with Crippen molar-refractivity contribution < 1.29 is 33.2 Å². The van der Waals surface area contributed by atoms with Crippen LogP contribution >= 0.6 is 0 Å². The van der Waals surface area contributed by atoms with Crippen LogP contribution in [0.1, 0.15) is 61.8 Å². The third kappa shape index (κ3) is 9.29. The second kappa shape index (κ2) is 15.2. The van der Waals surface area contributed by atoms with Gasteiger partial charge in [0.25, 0.3) is 5.91 Å². The van der Waals surface area contributed by atoms with Crippen LogP contribution in [0.3, 0.4) is 0 Å². The molecule has 1 aromatic heterocycles. The Hall–Kier alpha value is -3.92. The van der Waals surface area contributed by atoms with Crippen LogP contribution in [0.25, 0.3) is 0 Å². The Morgan fingerprint density at radius 1 is 1.09 bits per heavy atom. The van der Waals surface area contributed by atoms with Crippen molar-refractivity contribution in [2.24, 2.45) is 11.8 Å². The van der Waals surface area contributed by atoms with Crippen molar-refractivity contribution in [1.82, 2.24) is 20.7 Å². The number of aromatic nitrogens is 1. The Labute approximate surface area is 257 Å². The summed E-state index contributed by atoms with van der Waals surface area (Å²) >= 11 is 0. The largest absolute Gasteiger partial charge is 0.379 e. The average molecular weight is 608 g/mol. The standard InChI is InChI=1S/C32H41N5O7/c1-21(2)15-26(29(39)32(3)20-43-32)35-30(40)23(16-22-7-5-4-6-8-22)17-28(38)25(9-10-33)34-31(41)27-18-24(44-36-27)19-37-11-13-42-14-12-37/h4-8,18,21,23,25-26H,9,11-17,19-20H2,1-3H3,(H,34,41)(H,35,40)/t23-,25+,26+,32-/m1/s1. The summed E-state index contributed by atoms with van der Waals surface area (Å²) in [5, 5.41) is 18.8. The quantitative estimate of drug-likeness (QED) is 0.270. The van der Waals surface area contributed by atoms with E-state index < -0.39 is 41.2 Å². The van der Waals surface area contributed by atoms with Crippen molar-refractivity contribution >= 4 is 23.4 Å². The van der Waals surface area contributed by atoms with E-state index >= 15 is 0 Å². The summed E-state index contributed by atoms with van der Waals surface area (Å²) in [6.07, 6.45) is 0.127. The number of carbonyl (C=O) groups is 4. The smallest absolute Gasteiger partial charge is 0.274 e. The van der Waals surface area contributed by atoms with E-state index in [2.05, 4.69) is 20.7 Å². The van der Waals surface area contributed by atoms with Gasteiger partial charge in [-0.3, -0.25) is 24.1 Å². The van der Waals surface area contributed by atoms with Gasteiger partial charge in [0.05, 0.1) is 44.9 Å². The number of ether oxygens (including phenoxy) is 2. The van der Waals surface area contributed by atoms with E-state index in [1.165, 1.54) is 6.07 Å². The van der Waals surface area contributed by atoms with Gasteiger partial charge < -0.3 is 24.6 Å². The molecule has 0 spiro atoms. The normalized spacial score (nSPS) is 20.2. The first-order valence-corrected chi connectivity index (χ1v) is 15.1. The highest BCUT2D eigenvalue weighted by Gasteiger charge is 2.50. The third-order valence-electron chi connectivity index (χ3n) is 7.85. The molecule has 0 aliphatic carbocycles. The van der Waals surface area contributed by atoms with Gasteiger partial charge in [0.2, 0.25) is 5.91 Å². The van der Waals surface area contributed by atoms with Crippen molar-refractivity contribution in [3.8, 4) is 6.07 Å². The molecule has 2 aromatic rings. The van der Waals surface area contributed by atoms with E-state index in [1.54, 1.807) is 6.92 Å². The van der Waals surface area contributed by atoms with Crippen molar-refractivity contribution in [2.75, 3.05) is 32.9 Å². The number of hydrogen-bond donors (Lipinski definition) is 2. The summed E-state index contributed by atoms with van der Waals surface area (Å²) < 4.78 is 16.0. The van der Waals surface area contributed by atoms with Gasteiger partial charge in [-0.15, -0.1) is 0 Å². The number of morpholine rings is 1. The number of amides is 2. The number of ketones is 2. The molecule has 3 heterocycles. The minimum Gasteiger partial charge on any atom is -0.379 e. The molecule has 2 amide bonds. The molecule has 0 bridgehead atoms. The molecule has 2 saturated heterocycles. The molecule has 12 heteroatoms. The van der Waals surface area contributed by atoms with E-state index in [-0.39, 0.29) is 36.7 Å². The molecule has 4 rings (SSSR count). The van der Waals surface area contributed by atoms with Gasteiger partial charge in [-0.2, -0.15) is 5.26 Å². The van der Waals surface area contributed by atoms with Crippen LogP contribution in [0.5, 0.6) is 0 Å². The number of nitriles is 1. The van der Waals surface area contributed by atoms with Crippen LogP contribution in [0.15, 0.2) is 40.9 Å². The molecule has 2 aliphatic rings. The second-order valence-corrected chi connectivity index (χ2v) is 12.1. The summed E-state index contributed by atoms with van der Waals surface area (Å²) in [6.45, 7) is 9.10. The number of nitrogens with one attached hydrogen (secondary N) is 2. The zero-order chi connectivity index (χ0) is 31.7. The molecule has 4 atom stereocenters. The zero-order valence-electron chi connectivity index (χ0n) is 25.5. The molecule has 0 unspecified atom stereocenters. The fraction of sp³-hybridized carbons (Fsp3) is 0.562. The predicted molar refractivity (Wildman–Crippen MR) is 158 cm³/mol. The second-order valence-electron chi connectivity index (χ2n) is 12.1. The molecule has 2 N–H and O–H groups in total. The number of carbonyl (C=O) groups excluding carboxylic acids is 4. The van der Waals surface area contributed by atoms with Gasteiger partial charge >= 0.3 is 0 Å². The first-order chi connectivity index (χ1) is 21.1. The van der Waals surface area contributed by atoms with E-state index in [0.717, 1.165) is 18.7 Å². The molecular formula is C32H41N5O7. The maximum Gasteiger partial charge on any atom is 0.274 e. The molecule has 1 aromatic carbocycles. The van der Waals surface area contributed by atoms with Crippen LogP contribution in [0, 0.1) is 23.2 Å². The monoisotopic (exact) mass is 607 g/mol. The summed E-state index contributed by atoms with van der Waals surface area (Å²) in [5.41, 5.74) is -0.0857. The predicted octanol–water partition coefficient (Wildman–Crippen LogP) is 2.23. The highest BCUT2D eigenvalue weighted by atomic mass is 16.6. The lowest BCUT2D eigenvalue weighted by atomic mass is 9.89. The van der Waals surface area contributed by atoms with Crippen LogP contribution in [-0.4, -0.2) is 84.0 Å². The molecule has 236 valence electrons. The Kier molecular flexibility index (Phi) is 11.4. The Balaban J connectivity index is 1.45. The van der Waals surface area contributed by atoms with Crippen molar-refractivity contribution in [1.29, 1.82) is 5.26 Å². The van der Waals surface area contributed by atoms with E-state index in [9.17, 15) is 24.4 Å². The van der Waals surface area contributed by atoms with Crippen molar-refractivity contribution in [2.45, 2.75) is 70.7 Å². The minimum atomic E-state index is -1.16. The van der Waals surface area contributed by atoms with Gasteiger partial charge in [-0.05, 0) is 31.2 Å². The minimum absolute atomic E-state index is 0.00610. The first-order valence-electron chi connectivity index (χ1n) is 15.1. The van der Waals surface area contributed by atoms with Gasteiger partial charge in [-0.25, -0.2) is 0 Å². The fourth-order valence-electron chi connectivity index (χ4n) is 5.20. The average Bonchev–Trinajstić information content (AvgIpc) is 3.59. The SMILES string of the molecule is CC(C)C[C@H](NC(=O)[C@@H](CC(=O)[C@H](CC#N)NC(=O)c1cc(CN2CCOCC2)on1)Cc1ccccc1)C(=O)[C@@]1(C)CO1. The van der Waals surface area contributed by atoms with Gasteiger partial charge in [0, 0.05) is 31.5 Å². The van der Waals surface area contributed by atoms with Crippen LogP contribution in [-0.2, 0) is 36.8 Å². The van der Waals surface area contributed by atoms with Crippen molar-refractivity contribution in [3.05, 3.63) is 53.4 Å². The van der Waals surface area contributed by atoms with Crippen LogP contribution in [0.4, 0.5) is 0 Å². The summed E-state index contributed by atoms with van der Waals surface area (Å²) in [6, 6.07) is 10.8. The maximum atomic E-state index is 13.7. The van der Waals surface area contributed by atoms with E-state index in [1.807, 2.05) is 50.2 Å². The van der Waals surface area contributed by atoms with E-state index in [0.29, 0.717) is 38.5 Å². The number of epoxide rings is 1. The fourth-order valence-corrected chi connectivity index (χ4v) is 5.20. The number of nitrogens with zero attached hydrogens (tertiary/aromatic N) is 3. The topological polar surface area (TPSA) is 167 Å². The Morgan fingerprint density at radius 2 is 1.80 bits per heavy atom. The lowest BCUT2D eigenvalue weighted by Gasteiger charge is -2.25. The third-order valence-corrected chi connectivity index (χ3v) is 7.85. The molecule has 2 fully saturated rings. The highest BCUT2D eigenvalue weighted by Crippen LogP contribution is 2.30. The Bertz CT molecular complexity index is 1340. The van der Waals surface area contributed by atoms with Crippen LogP contribution in [0.2, 0.25) is 0 Å². The van der Waals surface area contributed by atoms with E-state index in [4.69, 9.17) is 14.0 Å². The number of hydrogen-bond acceptors (Lipinski definition) is 10. The maximum absolute atomic E-state index is 13.7. The molecule has 2 aliphatic heterocycles. The summed E-state index contributed by atoms with van der Waals surface area (Å²) in [7, 11) is 0. The van der Waals surface area contributed by atoms with Gasteiger partial charge in [-0.1, -0.05) is 49.3 Å². The summed E-state index contributed by atoms with van der Waals surface area (Å²) in [5.74, 6) is -1.99.